The van der Waals surface area contributed by atoms with Crippen molar-refractivity contribution in [2.45, 2.75) is 19.3 Å². The first-order valence-corrected chi connectivity index (χ1v) is 8.96. The van der Waals surface area contributed by atoms with E-state index < -0.39 is 10.0 Å². The first kappa shape index (κ1) is 17.4. The first-order valence-electron chi connectivity index (χ1n) is 7.25. The molecule has 2 N–H and O–H groups in total. The summed E-state index contributed by atoms with van der Waals surface area (Å²) in [6.07, 6.45) is 1.05. The van der Waals surface area contributed by atoms with Gasteiger partial charge in [0.1, 0.15) is 0 Å². The number of aryl methyl sites for hydroxylation is 1. The molecule has 0 saturated carbocycles. The molecule has 0 radical (unpaired) electrons. The largest absolute Gasteiger partial charge is 0.469 e. The lowest BCUT2D eigenvalue weighted by molar-refractivity contribution is -0.140. The first-order chi connectivity index (χ1) is 10.8. The second-order valence-corrected chi connectivity index (χ2v) is 7.31. The van der Waals surface area contributed by atoms with Gasteiger partial charge in [-0.2, -0.15) is 0 Å². The Hall–Kier alpha value is -1.93. The number of primary sulfonamides is 1. The molecule has 1 saturated heterocycles. The van der Waals surface area contributed by atoms with Crippen LogP contribution in [0, 0.1) is 5.92 Å². The van der Waals surface area contributed by atoms with Gasteiger partial charge in [-0.3, -0.25) is 9.59 Å². The number of nitrogens with two attached hydrogens (primary N) is 1. The highest BCUT2D eigenvalue weighted by Gasteiger charge is 2.32. The van der Waals surface area contributed by atoms with Gasteiger partial charge in [0.15, 0.2) is 0 Å². The quantitative estimate of drug-likeness (QED) is 0.756. The fraction of sp³-hybridized carbons (Fsp3) is 0.467. The number of hydrogen-bond donors (Lipinski definition) is 1. The molecule has 1 aromatic carbocycles. The SMILES string of the molecule is COC(=O)CCc1ccc(N2CC(CS(N)(=O)=O)CC2=O)cc1. The van der Waals surface area contributed by atoms with E-state index in [0.29, 0.717) is 25.1 Å². The molecule has 23 heavy (non-hydrogen) atoms. The number of hydrogen-bond acceptors (Lipinski definition) is 5. The zero-order valence-corrected chi connectivity index (χ0v) is 13.7. The van der Waals surface area contributed by atoms with Gasteiger partial charge in [0.05, 0.1) is 12.9 Å². The Kier molecular flexibility index (Phi) is 5.38. The highest BCUT2D eigenvalue weighted by atomic mass is 32.2. The number of ether oxygens (including phenoxy) is 1. The van der Waals surface area contributed by atoms with E-state index >= 15 is 0 Å². The number of nitrogens with zero attached hydrogens (tertiary/aromatic N) is 1. The van der Waals surface area contributed by atoms with Crippen molar-refractivity contribution in [1.82, 2.24) is 0 Å². The fourth-order valence-electron chi connectivity index (χ4n) is 2.66. The molecule has 8 heteroatoms. The van der Waals surface area contributed by atoms with Crippen LogP contribution in [0.5, 0.6) is 0 Å². The molecule has 7 nitrogen and oxygen atoms in total. The van der Waals surface area contributed by atoms with Crippen LogP contribution in [0.3, 0.4) is 0 Å². The number of carbonyl (C=O) groups excluding carboxylic acids is 2. The molecule has 0 aliphatic carbocycles. The molecule has 2 rings (SSSR count). The number of benzene rings is 1. The average molecular weight is 340 g/mol. The van der Waals surface area contributed by atoms with Gasteiger partial charge in [-0.1, -0.05) is 12.1 Å². The van der Waals surface area contributed by atoms with Gasteiger partial charge in [-0.25, -0.2) is 13.6 Å². The second-order valence-electron chi connectivity index (χ2n) is 5.65. The molecule has 1 aliphatic heterocycles. The summed E-state index contributed by atoms with van der Waals surface area (Å²) in [5, 5.41) is 5.04. The third-order valence-corrected chi connectivity index (χ3v) is 4.70. The van der Waals surface area contributed by atoms with Gasteiger partial charge in [0, 0.05) is 31.0 Å². The van der Waals surface area contributed by atoms with Crippen molar-refractivity contribution in [3.8, 4) is 0 Å². The molecule has 1 unspecified atom stereocenters. The Bertz CT molecular complexity index is 684. The van der Waals surface area contributed by atoms with Gasteiger partial charge in [0.2, 0.25) is 15.9 Å². The summed E-state index contributed by atoms with van der Waals surface area (Å²) in [5.41, 5.74) is 1.68. The molecular weight excluding hydrogens is 320 g/mol. The Morgan fingerprint density at radius 1 is 1.35 bits per heavy atom. The van der Waals surface area contributed by atoms with Gasteiger partial charge in [-0.15, -0.1) is 0 Å². The van der Waals surface area contributed by atoms with E-state index in [0.717, 1.165) is 5.56 Å². The maximum Gasteiger partial charge on any atom is 0.305 e. The van der Waals surface area contributed by atoms with E-state index in [1.54, 1.807) is 17.0 Å². The number of carbonyl (C=O) groups is 2. The molecule has 1 amide bonds. The maximum atomic E-state index is 12.0. The van der Waals surface area contributed by atoms with Crippen molar-refractivity contribution in [2.75, 3.05) is 24.3 Å². The standard InChI is InChI=1S/C15H20N2O5S/c1-22-15(19)7-4-11-2-5-13(6-3-11)17-9-12(8-14(17)18)10-23(16,20)21/h2-3,5-6,12H,4,7-10H2,1H3,(H2,16,20,21). The van der Waals surface area contributed by atoms with Gasteiger partial charge >= 0.3 is 5.97 Å². The van der Waals surface area contributed by atoms with Crippen LogP contribution in [0.25, 0.3) is 0 Å². The normalized spacial score (nSPS) is 18.3. The predicted molar refractivity (Wildman–Crippen MR) is 85.2 cm³/mol. The Morgan fingerprint density at radius 2 is 2.00 bits per heavy atom. The van der Waals surface area contributed by atoms with Crippen LogP contribution >= 0.6 is 0 Å². The minimum absolute atomic E-state index is 0.110. The molecular formula is C15H20N2O5S. The number of amides is 1. The number of sulfonamides is 1. The van der Waals surface area contributed by atoms with E-state index in [9.17, 15) is 18.0 Å². The van der Waals surface area contributed by atoms with Gasteiger partial charge in [0.25, 0.3) is 0 Å². The Morgan fingerprint density at radius 3 is 2.57 bits per heavy atom. The van der Waals surface area contributed by atoms with Crippen LogP contribution in [0.4, 0.5) is 5.69 Å². The van der Waals surface area contributed by atoms with Crippen LogP contribution in [0.2, 0.25) is 0 Å². The third kappa shape index (κ3) is 5.04. The minimum atomic E-state index is -3.58. The maximum absolute atomic E-state index is 12.0. The summed E-state index contributed by atoms with van der Waals surface area (Å²) in [6.45, 7) is 0.344. The van der Waals surface area contributed by atoms with E-state index in [1.807, 2.05) is 12.1 Å². The fourth-order valence-corrected chi connectivity index (χ4v) is 3.54. The highest BCUT2D eigenvalue weighted by molar-refractivity contribution is 7.89. The predicted octanol–water partition coefficient (Wildman–Crippen LogP) is 0.434. The smallest absolute Gasteiger partial charge is 0.305 e. The van der Waals surface area contributed by atoms with Gasteiger partial charge < -0.3 is 9.64 Å². The monoisotopic (exact) mass is 340 g/mol. The summed E-state index contributed by atoms with van der Waals surface area (Å²) in [7, 11) is -2.23. The number of rotatable bonds is 6. The Labute approximate surface area is 135 Å². The summed E-state index contributed by atoms with van der Waals surface area (Å²) in [4.78, 5) is 24.7. The summed E-state index contributed by atoms with van der Waals surface area (Å²) in [5.74, 6) is -0.848. The van der Waals surface area contributed by atoms with Crippen molar-refractivity contribution in [3.63, 3.8) is 0 Å². The van der Waals surface area contributed by atoms with Crippen LogP contribution in [-0.2, 0) is 30.8 Å². The zero-order chi connectivity index (χ0) is 17.0. The summed E-state index contributed by atoms with van der Waals surface area (Å²) < 4.78 is 26.9. The van der Waals surface area contributed by atoms with Crippen LogP contribution in [0.15, 0.2) is 24.3 Å². The van der Waals surface area contributed by atoms with Crippen molar-refractivity contribution < 1.29 is 22.7 Å². The molecule has 1 aromatic rings. The number of methoxy groups -OCH3 is 1. The van der Waals surface area contributed by atoms with Gasteiger partial charge in [-0.05, 0) is 24.1 Å². The highest BCUT2D eigenvalue weighted by Crippen LogP contribution is 2.26. The van der Waals surface area contributed by atoms with Crippen molar-refractivity contribution in [3.05, 3.63) is 29.8 Å². The second kappa shape index (κ2) is 7.10. The van der Waals surface area contributed by atoms with Crippen molar-refractivity contribution >= 4 is 27.6 Å². The molecule has 1 heterocycles. The minimum Gasteiger partial charge on any atom is -0.469 e. The average Bonchev–Trinajstić information content (AvgIpc) is 2.83. The number of anilines is 1. The lowest BCUT2D eigenvalue weighted by Gasteiger charge is -2.17. The van der Waals surface area contributed by atoms with E-state index in [1.165, 1.54) is 7.11 Å². The molecule has 1 fully saturated rings. The van der Waals surface area contributed by atoms with Crippen LogP contribution in [-0.4, -0.2) is 39.7 Å². The van der Waals surface area contributed by atoms with Crippen LogP contribution in [0.1, 0.15) is 18.4 Å². The zero-order valence-electron chi connectivity index (χ0n) is 12.9. The van der Waals surface area contributed by atoms with E-state index in [-0.39, 0.29) is 30.0 Å². The molecule has 0 spiro atoms. The Balaban J connectivity index is 1.99. The lowest BCUT2D eigenvalue weighted by atomic mass is 10.1. The number of esters is 1. The lowest BCUT2D eigenvalue weighted by Crippen LogP contribution is -2.27. The topological polar surface area (TPSA) is 107 Å². The van der Waals surface area contributed by atoms with Crippen molar-refractivity contribution in [1.29, 1.82) is 0 Å². The summed E-state index contributed by atoms with van der Waals surface area (Å²) >= 11 is 0. The molecule has 1 aliphatic rings. The van der Waals surface area contributed by atoms with Crippen molar-refractivity contribution in [2.24, 2.45) is 11.1 Å². The van der Waals surface area contributed by atoms with E-state index in [4.69, 9.17) is 5.14 Å². The molecule has 1 atom stereocenters. The third-order valence-electron chi connectivity index (χ3n) is 3.77. The van der Waals surface area contributed by atoms with E-state index in [2.05, 4.69) is 4.74 Å². The molecule has 0 bridgehead atoms. The molecule has 0 aromatic heterocycles. The van der Waals surface area contributed by atoms with Crippen LogP contribution < -0.4 is 10.0 Å². The molecule has 126 valence electrons. The summed E-state index contributed by atoms with van der Waals surface area (Å²) in [6, 6.07) is 7.28.